The Bertz CT molecular complexity index is 373. The van der Waals surface area contributed by atoms with E-state index >= 15 is 0 Å². The Hall–Kier alpha value is -1.65. The molecule has 0 aliphatic carbocycles. The average molecular weight is 297 g/mol. The summed E-state index contributed by atoms with van der Waals surface area (Å²) in [5, 5.41) is 8.54. The van der Waals surface area contributed by atoms with E-state index in [2.05, 4.69) is 11.0 Å². The molecule has 0 spiro atoms. The molecular formula is C14H23N3O4. The molecule has 0 radical (unpaired) electrons. The van der Waals surface area contributed by atoms with Gasteiger partial charge in [0.1, 0.15) is 6.61 Å². The molecule has 1 heterocycles. The van der Waals surface area contributed by atoms with Crippen LogP contribution in [0.15, 0.2) is 0 Å². The van der Waals surface area contributed by atoms with Crippen LogP contribution in [-0.4, -0.2) is 74.7 Å². The fourth-order valence-corrected chi connectivity index (χ4v) is 2.11. The fourth-order valence-electron chi connectivity index (χ4n) is 2.11. The van der Waals surface area contributed by atoms with Crippen LogP contribution in [-0.2, 0) is 19.1 Å². The number of hydrogen-bond acceptors (Lipinski definition) is 6. The molecule has 7 nitrogen and oxygen atoms in total. The van der Waals surface area contributed by atoms with Gasteiger partial charge in [-0.3, -0.25) is 14.5 Å². The monoisotopic (exact) mass is 297 g/mol. The molecule has 1 aliphatic rings. The van der Waals surface area contributed by atoms with E-state index in [9.17, 15) is 9.59 Å². The minimum atomic E-state index is -0.368. The van der Waals surface area contributed by atoms with Crippen molar-refractivity contribution >= 4 is 11.9 Å². The minimum Gasteiger partial charge on any atom is -0.463 e. The van der Waals surface area contributed by atoms with Gasteiger partial charge in [0, 0.05) is 52.7 Å². The number of carbonyl (C=O) groups excluding carboxylic acids is 2. The standard InChI is InChI=1S/C14H23N3O4/c1-20-11-12-21-14(19)4-3-13(18)17-9-7-16(8-10-17)6-2-5-15/h2-4,6-12H2,1H3. The SMILES string of the molecule is COCCOC(=O)CCC(=O)N1CCN(CCC#N)CC1. The van der Waals surface area contributed by atoms with Crippen LogP contribution >= 0.6 is 0 Å². The summed E-state index contributed by atoms with van der Waals surface area (Å²) in [7, 11) is 1.54. The van der Waals surface area contributed by atoms with Crippen molar-refractivity contribution in [2.24, 2.45) is 0 Å². The molecule has 1 saturated heterocycles. The van der Waals surface area contributed by atoms with Gasteiger partial charge in [-0.25, -0.2) is 0 Å². The van der Waals surface area contributed by atoms with Crippen LogP contribution in [0.2, 0.25) is 0 Å². The van der Waals surface area contributed by atoms with Crippen molar-refractivity contribution in [3.8, 4) is 6.07 Å². The molecule has 1 aliphatic heterocycles. The molecular weight excluding hydrogens is 274 g/mol. The lowest BCUT2D eigenvalue weighted by molar-refractivity contribution is -0.147. The summed E-state index contributed by atoms with van der Waals surface area (Å²) in [6.07, 6.45) is 0.808. The first kappa shape index (κ1) is 17.4. The quantitative estimate of drug-likeness (QED) is 0.464. The predicted octanol–water partition coefficient (Wildman–Crippen LogP) is 0.0141. The van der Waals surface area contributed by atoms with E-state index in [1.54, 1.807) is 4.90 Å². The highest BCUT2D eigenvalue weighted by molar-refractivity contribution is 5.81. The highest BCUT2D eigenvalue weighted by Gasteiger charge is 2.21. The third-order valence-corrected chi connectivity index (χ3v) is 3.36. The lowest BCUT2D eigenvalue weighted by Crippen LogP contribution is -2.48. The maximum atomic E-state index is 12.0. The minimum absolute atomic E-state index is 0.0152. The van der Waals surface area contributed by atoms with E-state index in [0.717, 1.165) is 19.6 Å². The normalized spacial score (nSPS) is 15.5. The molecule has 0 aromatic rings. The number of esters is 1. The van der Waals surface area contributed by atoms with Gasteiger partial charge >= 0.3 is 5.97 Å². The third kappa shape index (κ3) is 7.06. The fraction of sp³-hybridized carbons (Fsp3) is 0.786. The van der Waals surface area contributed by atoms with Crippen LogP contribution in [0.3, 0.4) is 0 Å². The topological polar surface area (TPSA) is 82.9 Å². The summed E-state index contributed by atoms with van der Waals surface area (Å²) in [5.74, 6) is -0.383. The summed E-state index contributed by atoms with van der Waals surface area (Å²) < 4.78 is 9.68. The Labute approximate surface area is 125 Å². The number of hydrogen-bond donors (Lipinski definition) is 0. The smallest absolute Gasteiger partial charge is 0.306 e. The van der Waals surface area contributed by atoms with Gasteiger partial charge < -0.3 is 14.4 Å². The van der Waals surface area contributed by atoms with Crippen molar-refractivity contribution < 1.29 is 19.1 Å². The molecule has 0 bridgehead atoms. The second-order valence-corrected chi connectivity index (χ2v) is 4.84. The van der Waals surface area contributed by atoms with Crippen molar-refractivity contribution in [3.05, 3.63) is 0 Å². The van der Waals surface area contributed by atoms with Gasteiger partial charge in [-0.05, 0) is 0 Å². The van der Waals surface area contributed by atoms with Gasteiger partial charge in [-0.2, -0.15) is 5.26 Å². The first-order valence-corrected chi connectivity index (χ1v) is 7.19. The maximum Gasteiger partial charge on any atom is 0.306 e. The molecule has 0 N–H and O–H groups in total. The molecule has 0 saturated carbocycles. The number of methoxy groups -OCH3 is 1. The molecule has 0 aromatic heterocycles. The van der Waals surface area contributed by atoms with E-state index in [0.29, 0.717) is 26.1 Å². The van der Waals surface area contributed by atoms with E-state index in [4.69, 9.17) is 14.7 Å². The molecule has 118 valence electrons. The number of amides is 1. The molecule has 1 rings (SSSR count). The highest BCUT2D eigenvalue weighted by atomic mass is 16.6. The van der Waals surface area contributed by atoms with Gasteiger partial charge in [-0.1, -0.05) is 0 Å². The number of nitrogens with zero attached hydrogens (tertiary/aromatic N) is 3. The summed E-state index contributed by atoms with van der Waals surface area (Å²) in [5.41, 5.74) is 0. The Balaban J connectivity index is 2.16. The molecule has 21 heavy (non-hydrogen) atoms. The average Bonchev–Trinajstić information content (AvgIpc) is 2.51. The number of nitriles is 1. The molecule has 1 amide bonds. The molecule has 0 atom stereocenters. The summed E-state index contributed by atoms with van der Waals surface area (Å²) in [6.45, 7) is 4.22. The zero-order chi connectivity index (χ0) is 15.5. The van der Waals surface area contributed by atoms with Gasteiger partial charge in [0.25, 0.3) is 0 Å². The first-order chi connectivity index (χ1) is 10.2. The molecule has 0 unspecified atom stereocenters. The lowest BCUT2D eigenvalue weighted by atomic mass is 10.2. The zero-order valence-electron chi connectivity index (χ0n) is 12.5. The summed E-state index contributed by atoms with van der Waals surface area (Å²) in [4.78, 5) is 27.3. The summed E-state index contributed by atoms with van der Waals surface area (Å²) >= 11 is 0. The van der Waals surface area contributed by atoms with Gasteiger partial charge in [0.2, 0.25) is 5.91 Å². The number of rotatable bonds is 8. The molecule has 7 heteroatoms. The molecule has 1 fully saturated rings. The number of ether oxygens (including phenoxy) is 2. The van der Waals surface area contributed by atoms with Crippen molar-refractivity contribution in [2.45, 2.75) is 19.3 Å². The second kappa shape index (κ2) is 10.1. The maximum absolute atomic E-state index is 12.0. The number of piperazine rings is 1. The molecule has 0 aromatic carbocycles. The Morgan fingerprint density at radius 1 is 1.14 bits per heavy atom. The summed E-state index contributed by atoms with van der Waals surface area (Å²) in [6, 6.07) is 2.12. The van der Waals surface area contributed by atoms with E-state index in [1.807, 2.05) is 0 Å². The zero-order valence-corrected chi connectivity index (χ0v) is 12.5. The van der Waals surface area contributed by atoms with Crippen LogP contribution in [0.4, 0.5) is 0 Å². The number of carbonyl (C=O) groups is 2. The van der Waals surface area contributed by atoms with Crippen LogP contribution in [0.25, 0.3) is 0 Å². The van der Waals surface area contributed by atoms with Crippen LogP contribution < -0.4 is 0 Å². The Morgan fingerprint density at radius 3 is 2.48 bits per heavy atom. The first-order valence-electron chi connectivity index (χ1n) is 7.19. The van der Waals surface area contributed by atoms with Crippen molar-refractivity contribution in [1.29, 1.82) is 5.26 Å². The van der Waals surface area contributed by atoms with E-state index < -0.39 is 0 Å². The van der Waals surface area contributed by atoms with Crippen molar-refractivity contribution in [3.63, 3.8) is 0 Å². The van der Waals surface area contributed by atoms with Crippen LogP contribution in [0.5, 0.6) is 0 Å². The predicted molar refractivity (Wildman–Crippen MR) is 75.3 cm³/mol. The van der Waals surface area contributed by atoms with Crippen molar-refractivity contribution in [1.82, 2.24) is 9.80 Å². The highest BCUT2D eigenvalue weighted by Crippen LogP contribution is 2.06. The van der Waals surface area contributed by atoms with Crippen molar-refractivity contribution in [2.75, 3.05) is 53.0 Å². The Morgan fingerprint density at radius 2 is 1.86 bits per heavy atom. The van der Waals surface area contributed by atoms with E-state index in [1.165, 1.54) is 7.11 Å². The second-order valence-electron chi connectivity index (χ2n) is 4.84. The largest absolute Gasteiger partial charge is 0.463 e. The lowest BCUT2D eigenvalue weighted by Gasteiger charge is -2.34. The van der Waals surface area contributed by atoms with Gasteiger partial charge in [-0.15, -0.1) is 0 Å². The third-order valence-electron chi connectivity index (χ3n) is 3.36. The van der Waals surface area contributed by atoms with Gasteiger partial charge in [0.15, 0.2) is 0 Å². The van der Waals surface area contributed by atoms with E-state index in [-0.39, 0.29) is 31.3 Å². The van der Waals surface area contributed by atoms with Gasteiger partial charge in [0.05, 0.1) is 19.1 Å². The van der Waals surface area contributed by atoms with Crippen LogP contribution in [0.1, 0.15) is 19.3 Å². The Kier molecular flexibility index (Phi) is 8.40. The van der Waals surface area contributed by atoms with Crippen LogP contribution in [0, 0.1) is 11.3 Å².